The van der Waals surface area contributed by atoms with Crippen molar-refractivity contribution in [3.8, 4) is 11.5 Å². The van der Waals surface area contributed by atoms with Gasteiger partial charge in [-0.3, -0.25) is 9.59 Å². The van der Waals surface area contributed by atoms with Gasteiger partial charge in [0.15, 0.2) is 22.9 Å². The molecule has 0 unspecified atom stereocenters. The number of carbonyl (C=O) groups is 2. The fourth-order valence-corrected chi connectivity index (χ4v) is 2.80. The maximum Gasteiger partial charge on any atom is 0.347 e. The molecule has 1 heterocycles. The van der Waals surface area contributed by atoms with Gasteiger partial charge in [0.05, 0.1) is 20.1 Å². The van der Waals surface area contributed by atoms with Gasteiger partial charge < -0.3 is 13.9 Å². The second-order valence-corrected chi connectivity index (χ2v) is 6.23. The van der Waals surface area contributed by atoms with Gasteiger partial charge in [-0.15, -0.1) is 0 Å². The first-order valence-corrected chi connectivity index (χ1v) is 9.09. The highest BCUT2D eigenvalue weighted by Gasteiger charge is 2.17. The van der Waals surface area contributed by atoms with Gasteiger partial charge in [-0.25, -0.2) is 4.79 Å². The second kappa shape index (κ2) is 9.01. The molecule has 3 aromatic rings. The van der Waals surface area contributed by atoms with Crippen LogP contribution in [0.25, 0.3) is 17.0 Å². The number of allylic oxidation sites excluding steroid dienone is 1. The number of benzene rings is 2. The summed E-state index contributed by atoms with van der Waals surface area (Å²) in [4.78, 5) is 36.9. The third-order valence-corrected chi connectivity index (χ3v) is 4.24. The van der Waals surface area contributed by atoms with Crippen LogP contribution in [-0.4, -0.2) is 25.3 Å². The van der Waals surface area contributed by atoms with Crippen LogP contribution in [-0.2, 0) is 4.79 Å². The number of Topliss-reactive ketones (excluding diaryl/α,β-unsaturated/α-hetero) is 1. The van der Waals surface area contributed by atoms with Crippen molar-refractivity contribution in [1.82, 2.24) is 0 Å². The standard InChI is InChI=1S/C23H20O6/c1-3-28-21-6-4-5-16-13-19(23(26)29-22(16)21)20(25)14-17(24)10-7-15-8-11-18(27-2)12-9-15/h4-13H,3,14H2,1-2H3. The van der Waals surface area contributed by atoms with Crippen molar-refractivity contribution in [3.63, 3.8) is 0 Å². The van der Waals surface area contributed by atoms with Crippen LogP contribution in [0.1, 0.15) is 29.3 Å². The molecule has 0 saturated carbocycles. The highest BCUT2D eigenvalue weighted by molar-refractivity contribution is 6.12. The van der Waals surface area contributed by atoms with E-state index in [9.17, 15) is 14.4 Å². The number of fused-ring (bicyclic) bond motifs is 1. The zero-order valence-electron chi connectivity index (χ0n) is 16.1. The summed E-state index contributed by atoms with van der Waals surface area (Å²) in [6, 6.07) is 13.7. The lowest BCUT2D eigenvalue weighted by Gasteiger charge is -2.06. The monoisotopic (exact) mass is 392 g/mol. The second-order valence-electron chi connectivity index (χ2n) is 6.23. The Morgan fingerprint density at radius 2 is 1.86 bits per heavy atom. The predicted octanol–water partition coefficient (Wildman–Crippen LogP) is 4.06. The highest BCUT2D eigenvalue weighted by Crippen LogP contribution is 2.25. The Morgan fingerprint density at radius 3 is 2.55 bits per heavy atom. The van der Waals surface area contributed by atoms with E-state index in [0.29, 0.717) is 23.5 Å². The number of rotatable bonds is 8. The summed E-state index contributed by atoms with van der Waals surface area (Å²) in [5.74, 6) is 0.138. The number of carbonyl (C=O) groups excluding carboxylic acids is 2. The Bertz CT molecular complexity index is 1120. The minimum Gasteiger partial charge on any atom is -0.497 e. The van der Waals surface area contributed by atoms with Crippen LogP contribution < -0.4 is 15.1 Å². The maximum atomic E-state index is 12.5. The Kier molecular flexibility index (Phi) is 6.24. The summed E-state index contributed by atoms with van der Waals surface area (Å²) in [5.41, 5.74) is 0.126. The fourth-order valence-electron chi connectivity index (χ4n) is 2.80. The third kappa shape index (κ3) is 4.79. The zero-order valence-corrected chi connectivity index (χ0v) is 16.1. The Labute approximate surface area is 167 Å². The van der Waals surface area contributed by atoms with Gasteiger partial charge in [0, 0.05) is 5.39 Å². The minimum atomic E-state index is -0.790. The van der Waals surface area contributed by atoms with Crippen molar-refractivity contribution in [2.45, 2.75) is 13.3 Å². The summed E-state index contributed by atoms with van der Waals surface area (Å²) in [7, 11) is 1.57. The molecule has 6 nitrogen and oxygen atoms in total. The van der Waals surface area contributed by atoms with Gasteiger partial charge in [0.2, 0.25) is 0 Å². The van der Waals surface area contributed by atoms with E-state index >= 15 is 0 Å². The highest BCUT2D eigenvalue weighted by atomic mass is 16.5. The van der Waals surface area contributed by atoms with E-state index in [1.807, 2.05) is 6.92 Å². The lowest BCUT2D eigenvalue weighted by Crippen LogP contribution is -2.16. The first-order chi connectivity index (χ1) is 14.0. The maximum absolute atomic E-state index is 12.5. The fraction of sp³-hybridized carbons (Fsp3) is 0.174. The van der Waals surface area contributed by atoms with Gasteiger partial charge in [-0.1, -0.05) is 30.3 Å². The van der Waals surface area contributed by atoms with Crippen molar-refractivity contribution in [2.75, 3.05) is 13.7 Å². The minimum absolute atomic E-state index is 0.155. The van der Waals surface area contributed by atoms with Gasteiger partial charge in [0.25, 0.3) is 0 Å². The molecule has 29 heavy (non-hydrogen) atoms. The molecule has 6 heteroatoms. The van der Waals surface area contributed by atoms with Crippen LogP contribution in [0, 0.1) is 0 Å². The van der Waals surface area contributed by atoms with E-state index in [-0.39, 0.29) is 11.1 Å². The molecule has 1 aromatic heterocycles. The van der Waals surface area contributed by atoms with Gasteiger partial charge in [-0.2, -0.15) is 0 Å². The topological polar surface area (TPSA) is 82.8 Å². The molecule has 0 aliphatic carbocycles. The number of hydrogen-bond donors (Lipinski definition) is 0. The SMILES string of the molecule is CCOc1cccc2cc(C(=O)CC(=O)C=Cc3ccc(OC)cc3)c(=O)oc12. The van der Waals surface area contributed by atoms with Crippen molar-refractivity contribution in [1.29, 1.82) is 0 Å². The van der Waals surface area contributed by atoms with Crippen LogP contribution in [0.3, 0.4) is 0 Å². The molecular formula is C23H20O6. The van der Waals surface area contributed by atoms with Crippen molar-refractivity contribution < 1.29 is 23.5 Å². The molecule has 0 aliphatic heterocycles. The average Bonchev–Trinajstić information content (AvgIpc) is 2.73. The summed E-state index contributed by atoms with van der Waals surface area (Å²) < 4.78 is 15.8. The van der Waals surface area contributed by atoms with Gasteiger partial charge in [0.1, 0.15) is 11.3 Å². The Hall–Kier alpha value is -3.67. The van der Waals surface area contributed by atoms with Crippen LogP contribution in [0.15, 0.2) is 63.8 Å². The quantitative estimate of drug-likeness (QED) is 0.249. The van der Waals surface area contributed by atoms with E-state index < -0.39 is 23.6 Å². The molecule has 0 aliphatic rings. The molecule has 0 spiro atoms. The van der Waals surface area contributed by atoms with Crippen molar-refractivity contribution >= 4 is 28.6 Å². The number of methoxy groups -OCH3 is 1. The molecule has 0 bridgehead atoms. The Morgan fingerprint density at radius 1 is 1.10 bits per heavy atom. The molecule has 2 aromatic carbocycles. The molecular weight excluding hydrogens is 372 g/mol. The average molecular weight is 392 g/mol. The number of para-hydroxylation sites is 1. The van der Waals surface area contributed by atoms with E-state index in [1.54, 1.807) is 55.7 Å². The zero-order chi connectivity index (χ0) is 20.8. The predicted molar refractivity (Wildman–Crippen MR) is 110 cm³/mol. The van der Waals surface area contributed by atoms with Gasteiger partial charge >= 0.3 is 5.63 Å². The summed E-state index contributed by atoms with van der Waals surface area (Å²) in [6.07, 6.45) is 2.50. The van der Waals surface area contributed by atoms with Crippen molar-refractivity contribution in [2.24, 2.45) is 0 Å². The van der Waals surface area contributed by atoms with E-state index in [0.717, 1.165) is 5.56 Å². The summed E-state index contributed by atoms with van der Waals surface area (Å²) in [5, 5.41) is 0.556. The molecule has 3 rings (SSSR count). The van der Waals surface area contributed by atoms with Crippen LogP contribution >= 0.6 is 0 Å². The molecule has 148 valence electrons. The van der Waals surface area contributed by atoms with Crippen LogP contribution in [0.5, 0.6) is 11.5 Å². The first kappa shape index (κ1) is 20.1. The van der Waals surface area contributed by atoms with E-state index in [2.05, 4.69) is 0 Å². The molecule has 0 atom stereocenters. The molecule has 0 fully saturated rings. The van der Waals surface area contributed by atoms with Crippen LogP contribution in [0.4, 0.5) is 0 Å². The molecule has 0 saturated heterocycles. The Balaban J connectivity index is 1.76. The normalized spacial score (nSPS) is 11.0. The van der Waals surface area contributed by atoms with E-state index in [1.165, 1.54) is 12.1 Å². The lowest BCUT2D eigenvalue weighted by molar-refractivity contribution is -0.113. The lowest BCUT2D eigenvalue weighted by atomic mass is 10.1. The van der Waals surface area contributed by atoms with Crippen molar-refractivity contribution in [3.05, 3.63) is 76.2 Å². The third-order valence-electron chi connectivity index (χ3n) is 4.24. The number of ketones is 2. The smallest absolute Gasteiger partial charge is 0.347 e. The molecule has 0 radical (unpaired) electrons. The summed E-state index contributed by atoms with van der Waals surface area (Å²) >= 11 is 0. The number of hydrogen-bond acceptors (Lipinski definition) is 6. The molecule has 0 amide bonds. The first-order valence-electron chi connectivity index (χ1n) is 9.09. The summed E-state index contributed by atoms with van der Waals surface area (Å²) in [6.45, 7) is 2.23. The van der Waals surface area contributed by atoms with E-state index in [4.69, 9.17) is 13.9 Å². The largest absolute Gasteiger partial charge is 0.497 e. The van der Waals surface area contributed by atoms with Gasteiger partial charge in [-0.05, 0) is 42.8 Å². The molecule has 0 N–H and O–H groups in total. The number of ether oxygens (including phenoxy) is 2. The van der Waals surface area contributed by atoms with Crippen LogP contribution in [0.2, 0.25) is 0 Å².